The van der Waals surface area contributed by atoms with Crippen LogP contribution in [0, 0.1) is 5.92 Å². The van der Waals surface area contributed by atoms with E-state index in [0.29, 0.717) is 32.6 Å². The zero-order chi connectivity index (χ0) is 44.6. The standard InChI is InChI=1S/C39H66N5O17/c45-13-18-58-20-19-54-14-9-40-35(48)28-59-24-21-55-15-10-41-36(49)29-60-25-22-56-16-11-42-37(50)30-61-26-23-57-17-12-43-38(51)31-27-32(39(52)53)44-34(47)8-6-4-2-1-3-5-7-33(31)46/h31-32H,1-12,14-30H2,(H,40,48)(H,41,49)(H,42,50)(H,43,51)(H,44,47)(H,52,53)/t31?,32-/m0/s1. The third kappa shape index (κ3) is 33.2. The van der Waals surface area contributed by atoms with Crippen LogP contribution in [-0.4, -0.2) is 191 Å². The molecule has 1 radical (unpaired) electrons. The maximum absolute atomic E-state index is 12.9. The quantitative estimate of drug-likeness (QED) is 0.0300. The molecule has 1 unspecified atom stereocenters. The second-order valence-corrected chi connectivity index (χ2v) is 13.5. The molecule has 349 valence electrons. The van der Waals surface area contributed by atoms with Gasteiger partial charge < -0.3 is 69.6 Å². The number of ketones is 1. The lowest BCUT2D eigenvalue weighted by molar-refractivity contribution is -0.143. The smallest absolute Gasteiger partial charge is 0.326 e. The van der Waals surface area contributed by atoms with Crippen LogP contribution >= 0.6 is 0 Å². The highest BCUT2D eigenvalue weighted by molar-refractivity contribution is 6.02. The molecule has 0 spiro atoms. The van der Waals surface area contributed by atoms with Gasteiger partial charge in [-0.15, -0.1) is 0 Å². The molecule has 1 aliphatic heterocycles. The molecule has 0 saturated carbocycles. The topological polar surface area (TPSA) is 291 Å². The number of carboxylic acid groups (broad SMARTS) is 1. The zero-order valence-corrected chi connectivity index (χ0v) is 35.1. The lowest BCUT2D eigenvalue weighted by Crippen LogP contribution is -2.46. The average molecular weight is 877 g/mol. The molecule has 0 aliphatic carbocycles. The van der Waals surface area contributed by atoms with Gasteiger partial charge >= 0.3 is 5.97 Å². The first-order valence-electron chi connectivity index (χ1n) is 20.7. The van der Waals surface area contributed by atoms with Gasteiger partial charge in [-0.25, -0.2) is 4.79 Å². The van der Waals surface area contributed by atoms with Gasteiger partial charge in [-0.3, -0.25) is 33.6 Å². The maximum Gasteiger partial charge on any atom is 0.326 e. The normalized spacial score (nSPS) is 16.5. The largest absolute Gasteiger partial charge is 0.480 e. The molecule has 1 aliphatic rings. The molecular weight excluding hydrogens is 810 g/mol. The van der Waals surface area contributed by atoms with Crippen LogP contribution in [0.2, 0.25) is 0 Å². The van der Waals surface area contributed by atoms with Crippen molar-refractivity contribution in [1.29, 1.82) is 0 Å². The number of aliphatic carboxylic acids is 1. The van der Waals surface area contributed by atoms with Crippen molar-refractivity contribution in [2.24, 2.45) is 5.92 Å². The fraction of sp³-hybridized carbons (Fsp3) is 0.795. The van der Waals surface area contributed by atoms with E-state index in [2.05, 4.69) is 26.6 Å². The second-order valence-electron chi connectivity index (χ2n) is 13.5. The minimum atomic E-state index is -1.36. The SMILES string of the molecule is O=[C]COCCOCCNC(=O)COCCOCCNC(=O)COCCOCCNC(=O)COCCOCCNC(=O)C1C[C@@H](C(=O)O)NC(=O)CCCCCCCCC1=O. The van der Waals surface area contributed by atoms with Crippen molar-refractivity contribution in [1.82, 2.24) is 26.6 Å². The summed E-state index contributed by atoms with van der Waals surface area (Å²) in [7, 11) is 0. The van der Waals surface area contributed by atoms with Crippen molar-refractivity contribution in [2.45, 2.75) is 63.8 Å². The summed E-state index contributed by atoms with van der Waals surface area (Å²) in [6.07, 6.45) is 6.37. The van der Waals surface area contributed by atoms with E-state index in [9.17, 15) is 43.5 Å². The monoisotopic (exact) mass is 876 g/mol. The van der Waals surface area contributed by atoms with Crippen molar-refractivity contribution < 1.29 is 81.4 Å². The number of amides is 5. The van der Waals surface area contributed by atoms with Crippen molar-refractivity contribution in [3.05, 3.63) is 0 Å². The van der Waals surface area contributed by atoms with Gasteiger partial charge in [0.15, 0.2) is 0 Å². The summed E-state index contributed by atoms with van der Waals surface area (Å²) < 4.78 is 42.0. The molecule has 0 aromatic heterocycles. The van der Waals surface area contributed by atoms with Gasteiger partial charge in [0.05, 0.1) is 85.2 Å². The van der Waals surface area contributed by atoms with Gasteiger partial charge in [-0.1, -0.05) is 25.7 Å². The molecule has 22 heteroatoms. The Labute approximate surface area is 356 Å². The summed E-state index contributed by atoms with van der Waals surface area (Å²) >= 11 is 0. The predicted octanol–water partition coefficient (Wildman–Crippen LogP) is -2.03. The molecule has 1 saturated heterocycles. The highest BCUT2D eigenvalue weighted by Gasteiger charge is 2.33. The number of ether oxygens (including phenoxy) is 8. The molecule has 1 rings (SSSR count). The van der Waals surface area contributed by atoms with Crippen LogP contribution in [0.15, 0.2) is 0 Å². The fourth-order valence-corrected chi connectivity index (χ4v) is 5.37. The number of carbonyl (C=O) groups is 7. The van der Waals surface area contributed by atoms with Gasteiger partial charge in [0.25, 0.3) is 0 Å². The molecule has 1 fully saturated rings. The maximum atomic E-state index is 12.9. The highest BCUT2D eigenvalue weighted by atomic mass is 16.5. The summed E-state index contributed by atoms with van der Waals surface area (Å²) in [5.41, 5.74) is 0. The van der Waals surface area contributed by atoms with E-state index in [4.69, 9.17) is 37.9 Å². The minimum Gasteiger partial charge on any atom is -0.480 e. The number of carbonyl (C=O) groups excluding carboxylic acids is 7. The van der Waals surface area contributed by atoms with E-state index in [0.717, 1.165) is 25.7 Å². The summed E-state index contributed by atoms with van der Waals surface area (Å²) in [5, 5.41) is 22.6. The molecule has 2 atom stereocenters. The number of hydrogen-bond donors (Lipinski definition) is 6. The Morgan fingerprint density at radius 3 is 1.38 bits per heavy atom. The molecule has 6 N–H and O–H groups in total. The number of nitrogens with one attached hydrogen (secondary N) is 5. The predicted molar refractivity (Wildman–Crippen MR) is 214 cm³/mol. The lowest BCUT2D eigenvalue weighted by atomic mass is 9.90. The number of rotatable bonds is 34. The van der Waals surface area contributed by atoms with E-state index in [1.807, 2.05) is 0 Å². The van der Waals surface area contributed by atoms with Crippen molar-refractivity contribution in [3.63, 3.8) is 0 Å². The van der Waals surface area contributed by atoms with Gasteiger partial charge in [0.1, 0.15) is 38.3 Å². The van der Waals surface area contributed by atoms with E-state index in [1.165, 1.54) is 0 Å². The van der Waals surface area contributed by atoms with E-state index >= 15 is 0 Å². The first-order chi connectivity index (χ1) is 29.6. The van der Waals surface area contributed by atoms with E-state index in [1.54, 1.807) is 6.29 Å². The molecule has 0 bridgehead atoms. The van der Waals surface area contributed by atoms with Crippen molar-refractivity contribution in [3.8, 4) is 0 Å². The highest BCUT2D eigenvalue weighted by Crippen LogP contribution is 2.17. The minimum absolute atomic E-state index is 0.0624. The Hall–Kier alpha value is -4.16. The lowest BCUT2D eigenvalue weighted by Gasteiger charge is -2.21. The van der Waals surface area contributed by atoms with Crippen LogP contribution in [-0.2, 0) is 76.3 Å². The van der Waals surface area contributed by atoms with Crippen LogP contribution in [0.3, 0.4) is 0 Å². The summed E-state index contributed by atoms with van der Waals surface area (Å²) in [4.78, 5) is 95.4. The summed E-state index contributed by atoms with van der Waals surface area (Å²) in [6.45, 7) is 2.76. The molecule has 22 nitrogen and oxygen atoms in total. The van der Waals surface area contributed by atoms with Gasteiger partial charge in [0, 0.05) is 39.0 Å². The van der Waals surface area contributed by atoms with Crippen molar-refractivity contribution >= 4 is 47.6 Å². The Balaban J connectivity index is 1.99. The molecule has 5 amide bonds. The number of Topliss-reactive ketones (excluding diaryl/α,β-unsaturated/α-hetero) is 1. The summed E-state index contributed by atoms with van der Waals surface area (Å²) in [5.74, 6) is -4.91. The number of hydrogen-bond acceptors (Lipinski definition) is 16. The van der Waals surface area contributed by atoms with E-state index in [-0.39, 0.29) is 155 Å². The Kier molecular flexibility index (Phi) is 34.8. The first-order valence-corrected chi connectivity index (χ1v) is 20.7. The van der Waals surface area contributed by atoms with Crippen molar-refractivity contribution in [2.75, 3.05) is 132 Å². The van der Waals surface area contributed by atoms with Crippen LogP contribution in [0.1, 0.15) is 57.8 Å². The summed E-state index contributed by atoms with van der Waals surface area (Å²) in [6, 6.07) is -1.36. The fourth-order valence-electron chi connectivity index (χ4n) is 5.37. The Bertz CT molecular complexity index is 1260. The first kappa shape index (κ1) is 54.9. The van der Waals surface area contributed by atoms with E-state index < -0.39 is 29.7 Å². The van der Waals surface area contributed by atoms with Crippen LogP contribution in [0.4, 0.5) is 0 Å². The zero-order valence-electron chi connectivity index (χ0n) is 35.1. The third-order valence-electron chi connectivity index (χ3n) is 8.49. The third-order valence-corrected chi connectivity index (χ3v) is 8.49. The molecule has 0 aromatic rings. The van der Waals surface area contributed by atoms with Crippen LogP contribution < -0.4 is 26.6 Å². The second kappa shape index (κ2) is 38.7. The van der Waals surface area contributed by atoms with Gasteiger partial charge in [0.2, 0.25) is 35.8 Å². The molecule has 1 heterocycles. The van der Waals surface area contributed by atoms with Crippen LogP contribution in [0.5, 0.6) is 0 Å². The van der Waals surface area contributed by atoms with Crippen LogP contribution in [0.25, 0.3) is 0 Å². The molecule has 61 heavy (non-hydrogen) atoms. The number of carboxylic acids is 1. The molecular formula is C39H66N5O17. The van der Waals surface area contributed by atoms with Gasteiger partial charge in [-0.05, 0) is 19.3 Å². The van der Waals surface area contributed by atoms with Gasteiger partial charge in [-0.2, -0.15) is 0 Å². The average Bonchev–Trinajstić information content (AvgIpc) is 3.23. The molecule has 0 aromatic carbocycles. The Morgan fingerprint density at radius 1 is 0.541 bits per heavy atom. The Morgan fingerprint density at radius 2 is 0.934 bits per heavy atom.